The number of ether oxygens (including phenoxy) is 1. The number of nitrogens with zero attached hydrogens (tertiary/aromatic N) is 3. The Hall–Kier alpha value is -1.96. The Morgan fingerprint density at radius 1 is 1.00 bits per heavy atom. The van der Waals surface area contributed by atoms with Crippen LogP contribution >= 0.6 is 11.6 Å². The summed E-state index contributed by atoms with van der Waals surface area (Å²) in [5.41, 5.74) is 7.63. The van der Waals surface area contributed by atoms with E-state index in [1.165, 1.54) is 0 Å². The van der Waals surface area contributed by atoms with Crippen LogP contribution in [0.5, 0.6) is 0 Å². The second-order valence-corrected chi connectivity index (χ2v) is 8.01. The largest absolute Gasteiger partial charge is 0.381 e. The third kappa shape index (κ3) is 4.90. The van der Waals surface area contributed by atoms with Crippen molar-refractivity contribution in [1.29, 1.82) is 0 Å². The summed E-state index contributed by atoms with van der Waals surface area (Å²) in [6.07, 6.45) is 9.55. The predicted molar refractivity (Wildman–Crippen MR) is 112 cm³/mol. The molecule has 0 unspecified atom stereocenters. The maximum Gasteiger partial charge on any atom is 0.223 e. The van der Waals surface area contributed by atoms with Gasteiger partial charge in [-0.15, -0.1) is 0 Å². The van der Waals surface area contributed by atoms with E-state index >= 15 is 0 Å². The summed E-state index contributed by atoms with van der Waals surface area (Å²) in [7, 11) is 0. The molecule has 0 atom stereocenters. The van der Waals surface area contributed by atoms with Crippen LogP contribution in [0.4, 0.5) is 11.8 Å². The SMILES string of the molecule is NC1CCC(Nc2ncc(Cl)c(-c3ccnc(NC4CCOCC4)c3)n2)CC1. The van der Waals surface area contributed by atoms with Gasteiger partial charge in [-0.05, 0) is 50.7 Å². The van der Waals surface area contributed by atoms with E-state index in [4.69, 9.17) is 22.1 Å². The molecule has 1 saturated heterocycles. The zero-order valence-electron chi connectivity index (χ0n) is 15.9. The molecule has 2 aliphatic rings. The second kappa shape index (κ2) is 9.03. The molecule has 8 heteroatoms. The molecule has 28 heavy (non-hydrogen) atoms. The number of nitrogens with one attached hydrogen (secondary N) is 2. The molecule has 0 radical (unpaired) electrons. The molecule has 2 aromatic heterocycles. The lowest BCUT2D eigenvalue weighted by Crippen LogP contribution is -2.33. The van der Waals surface area contributed by atoms with Crippen molar-refractivity contribution in [2.75, 3.05) is 23.8 Å². The minimum atomic E-state index is 0.318. The third-order valence-electron chi connectivity index (χ3n) is 5.46. The molecular weight excluding hydrogens is 376 g/mol. The lowest BCUT2D eigenvalue weighted by Gasteiger charge is -2.26. The Bertz CT molecular complexity index is 790. The van der Waals surface area contributed by atoms with E-state index < -0.39 is 0 Å². The zero-order valence-corrected chi connectivity index (χ0v) is 16.7. The van der Waals surface area contributed by atoms with E-state index in [-0.39, 0.29) is 0 Å². The highest BCUT2D eigenvalue weighted by Crippen LogP contribution is 2.29. The van der Waals surface area contributed by atoms with Crippen LogP contribution in [0.15, 0.2) is 24.5 Å². The Morgan fingerprint density at radius 3 is 2.54 bits per heavy atom. The predicted octanol–water partition coefficient (Wildman–Crippen LogP) is 3.46. The van der Waals surface area contributed by atoms with Gasteiger partial charge in [0.15, 0.2) is 0 Å². The number of hydrogen-bond acceptors (Lipinski definition) is 7. The molecule has 1 aliphatic heterocycles. The van der Waals surface area contributed by atoms with Crippen molar-refractivity contribution in [2.45, 2.75) is 56.7 Å². The van der Waals surface area contributed by atoms with Crippen LogP contribution in [0.3, 0.4) is 0 Å². The van der Waals surface area contributed by atoms with Gasteiger partial charge in [0.05, 0.1) is 16.9 Å². The highest BCUT2D eigenvalue weighted by atomic mass is 35.5. The molecule has 3 heterocycles. The molecule has 0 bridgehead atoms. The fraction of sp³-hybridized carbons (Fsp3) is 0.550. The van der Waals surface area contributed by atoms with Crippen LogP contribution in [-0.2, 0) is 4.74 Å². The van der Waals surface area contributed by atoms with Gasteiger partial charge in [-0.1, -0.05) is 11.6 Å². The molecule has 7 nitrogen and oxygen atoms in total. The van der Waals surface area contributed by atoms with Crippen LogP contribution < -0.4 is 16.4 Å². The first kappa shape index (κ1) is 19.4. The van der Waals surface area contributed by atoms with Crippen LogP contribution in [0.1, 0.15) is 38.5 Å². The van der Waals surface area contributed by atoms with E-state index in [1.54, 1.807) is 12.4 Å². The lowest BCUT2D eigenvalue weighted by atomic mass is 9.92. The smallest absolute Gasteiger partial charge is 0.223 e. The average molecular weight is 403 g/mol. The van der Waals surface area contributed by atoms with Crippen LogP contribution in [0.25, 0.3) is 11.3 Å². The molecule has 1 aliphatic carbocycles. The summed E-state index contributed by atoms with van der Waals surface area (Å²) in [5, 5.41) is 7.45. The highest BCUT2D eigenvalue weighted by molar-refractivity contribution is 6.32. The molecule has 150 valence electrons. The van der Waals surface area contributed by atoms with Crippen molar-refractivity contribution >= 4 is 23.4 Å². The van der Waals surface area contributed by atoms with Crippen molar-refractivity contribution in [3.8, 4) is 11.3 Å². The van der Waals surface area contributed by atoms with E-state index in [1.807, 2.05) is 12.1 Å². The number of aromatic nitrogens is 3. The molecule has 4 rings (SSSR count). The van der Waals surface area contributed by atoms with Crippen molar-refractivity contribution in [2.24, 2.45) is 5.73 Å². The van der Waals surface area contributed by atoms with Gasteiger partial charge in [-0.2, -0.15) is 0 Å². The summed E-state index contributed by atoms with van der Waals surface area (Å²) in [4.78, 5) is 13.5. The quantitative estimate of drug-likeness (QED) is 0.704. The van der Waals surface area contributed by atoms with Gasteiger partial charge < -0.3 is 21.1 Å². The Balaban J connectivity index is 1.49. The standard InChI is InChI=1S/C20H27ClN6O/c21-17-12-24-20(26-15-3-1-14(22)2-4-15)27-19(17)13-5-8-23-18(11-13)25-16-6-9-28-10-7-16/h5,8,11-12,14-16H,1-4,6-7,9-10,22H2,(H,23,25)(H,24,26,27). The van der Waals surface area contributed by atoms with E-state index in [9.17, 15) is 0 Å². The Morgan fingerprint density at radius 2 is 1.75 bits per heavy atom. The van der Waals surface area contributed by atoms with Gasteiger partial charge in [-0.3, -0.25) is 0 Å². The number of nitrogens with two attached hydrogens (primary N) is 1. The number of anilines is 2. The Kier molecular flexibility index (Phi) is 6.24. The van der Waals surface area contributed by atoms with E-state index in [0.29, 0.717) is 34.8 Å². The Labute approximate surface area is 170 Å². The van der Waals surface area contributed by atoms with Crippen LogP contribution in [0.2, 0.25) is 5.02 Å². The van der Waals surface area contributed by atoms with Crippen molar-refractivity contribution in [1.82, 2.24) is 15.0 Å². The summed E-state index contributed by atoms with van der Waals surface area (Å²) < 4.78 is 5.42. The second-order valence-electron chi connectivity index (χ2n) is 7.61. The fourth-order valence-corrected chi connectivity index (χ4v) is 3.99. The van der Waals surface area contributed by atoms with Crippen LogP contribution in [0, 0.1) is 0 Å². The first-order chi connectivity index (χ1) is 13.7. The van der Waals surface area contributed by atoms with Gasteiger partial charge in [0.1, 0.15) is 5.82 Å². The maximum absolute atomic E-state index is 6.41. The van der Waals surface area contributed by atoms with Gasteiger partial charge in [0, 0.05) is 43.1 Å². The number of hydrogen-bond donors (Lipinski definition) is 3. The van der Waals surface area contributed by atoms with Crippen LogP contribution in [-0.4, -0.2) is 46.3 Å². The van der Waals surface area contributed by atoms with Crippen molar-refractivity contribution < 1.29 is 4.74 Å². The normalized spacial score (nSPS) is 23.4. The average Bonchev–Trinajstić information content (AvgIpc) is 2.72. The maximum atomic E-state index is 6.41. The van der Waals surface area contributed by atoms with E-state index in [0.717, 1.165) is 63.1 Å². The molecule has 2 aromatic rings. The van der Waals surface area contributed by atoms with Gasteiger partial charge in [0.25, 0.3) is 0 Å². The topological polar surface area (TPSA) is 98.0 Å². The molecule has 4 N–H and O–H groups in total. The molecule has 0 aromatic carbocycles. The van der Waals surface area contributed by atoms with Gasteiger partial charge in [0.2, 0.25) is 5.95 Å². The summed E-state index contributed by atoms with van der Waals surface area (Å²) >= 11 is 6.41. The monoisotopic (exact) mass is 402 g/mol. The zero-order chi connectivity index (χ0) is 19.3. The lowest BCUT2D eigenvalue weighted by molar-refractivity contribution is 0.0904. The minimum absolute atomic E-state index is 0.318. The highest BCUT2D eigenvalue weighted by Gasteiger charge is 2.20. The summed E-state index contributed by atoms with van der Waals surface area (Å²) in [6.45, 7) is 1.58. The number of rotatable bonds is 5. The minimum Gasteiger partial charge on any atom is -0.381 e. The van der Waals surface area contributed by atoms with Crippen molar-refractivity contribution in [3.05, 3.63) is 29.5 Å². The molecule has 1 saturated carbocycles. The van der Waals surface area contributed by atoms with Crippen molar-refractivity contribution in [3.63, 3.8) is 0 Å². The third-order valence-corrected chi connectivity index (χ3v) is 5.73. The van der Waals surface area contributed by atoms with Gasteiger partial charge >= 0.3 is 0 Å². The van der Waals surface area contributed by atoms with E-state index in [2.05, 4.69) is 25.6 Å². The molecule has 2 fully saturated rings. The summed E-state index contributed by atoms with van der Waals surface area (Å²) in [5.74, 6) is 1.44. The fourth-order valence-electron chi connectivity index (χ4n) is 3.79. The molecule has 0 spiro atoms. The molecule has 0 amide bonds. The van der Waals surface area contributed by atoms with Gasteiger partial charge in [-0.25, -0.2) is 15.0 Å². The number of halogens is 1. The first-order valence-corrected chi connectivity index (χ1v) is 10.4. The number of pyridine rings is 1. The first-order valence-electron chi connectivity index (χ1n) is 10.0. The molecular formula is C20H27ClN6O. The summed E-state index contributed by atoms with van der Waals surface area (Å²) in [6, 6.07) is 4.97.